The third-order valence-corrected chi connectivity index (χ3v) is 4.73. The molecule has 1 aliphatic rings. The number of hydrogen-bond acceptors (Lipinski definition) is 3. The molecule has 1 fully saturated rings. The Hall–Kier alpha value is -1.20. The van der Waals surface area contributed by atoms with Crippen LogP contribution in [-0.2, 0) is 15.3 Å². The molecule has 0 spiro atoms. The first-order valence-corrected chi connectivity index (χ1v) is 8.42. The standard InChI is InChI=1S/C15H18ClNO3S/c16-13-5-1-3-11(7-13)9-21-10-14(18)17-6-2-4-12(8-17)15(19)20/h1,3,5,7,12H,2,4,6,8-10H2,(H,19,20)/t12-/m1/s1. The maximum atomic E-state index is 12.1. The van der Waals surface area contributed by atoms with Crippen LogP contribution in [0, 0.1) is 5.92 Å². The molecule has 1 aliphatic heterocycles. The van der Waals surface area contributed by atoms with Gasteiger partial charge in [0.1, 0.15) is 0 Å². The molecule has 1 N–H and O–H groups in total. The summed E-state index contributed by atoms with van der Waals surface area (Å²) in [6.45, 7) is 1.01. The van der Waals surface area contributed by atoms with Crippen molar-refractivity contribution in [2.75, 3.05) is 18.8 Å². The van der Waals surface area contributed by atoms with Gasteiger partial charge in [-0.1, -0.05) is 23.7 Å². The molecule has 0 aliphatic carbocycles. The van der Waals surface area contributed by atoms with Crippen LogP contribution in [-0.4, -0.2) is 40.7 Å². The van der Waals surface area contributed by atoms with E-state index < -0.39 is 11.9 Å². The summed E-state index contributed by atoms with van der Waals surface area (Å²) in [7, 11) is 0. The van der Waals surface area contributed by atoms with Crippen molar-refractivity contribution in [2.24, 2.45) is 5.92 Å². The number of halogens is 1. The van der Waals surface area contributed by atoms with Crippen molar-refractivity contribution >= 4 is 35.2 Å². The maximum Gasteiger partial charge on any atom is 0.308 e. The number of carboxylic acids is 1. The Morgan fingerprint density at radius 3 is 2.95 bits per heavy atom. The highest BCUT2D eigenvalue weighted by atomic mass is 35.5. The largest absolute Gasteiger partial charge is 0.481 e. The van der Waals surface area contributed by atoms with Crippen molar-refractivity contribution in [1.82, 2.24) is 4.90 Å². The number of hydrogen-bond donors (Lipinski definition) is 1. The van der Waals surface area contributed by atoms with Gasteiger partial charge in [-0.05, 0) is 30.5 Å². The van der Waals surface area contributed by atoms with E-state index in [1.165, 1.54) is 11.8 Å². The Balaban J connectivity index is 1.78. The number of thioether (sulfide) groups is 1. The second-order valence-corrected chi connectivity index (χ2v) is 6.56. The van der Waals surface area contributed by atoms with E-state index in [0.717, 1.165) is 17.7 Å². The molecule has 0 bridgehead atoms. The molecule has 1 atom stereocenters. The SMILES string of the molecule is O=C(O)[C@@H]1CCCN(C(=O)CSCc2cccc(Cl)c2)C1. The Labute approximate surface area is 133 Å². The molecule has 0 aromatic heterocycles. The van der Waals surface area contributed by atoms with Gasteiger partial charge in [-0.15, -0.1) is 11.8 Å². The first kappa shape index (κ1) is 16.2. The Morgan fingerprint density at radius 1 is 1.43 bits per heavy atom. The number of carbonyl (C=O) groups excluding carboxylic acids is 1. The molecular weight excluding hydrogens is 310 g/mol. The number of carbonyl (C=O) groups is 2. The van der Waals surface area contributed by atoms with Crippen LogP contribution in [0.25, 0.3) is 0 Å². The molecule has 0 radical (unpaired) electrons. The molecule has 1 aromatic rings. The summed E-state index contributed by atoms with van der Waals surface area (Å²) < 4.78 is 0. The first-order valence-electron chi connectivity index (χ1n) is 6.89. The van der Waals surface area contributed by atoms with Gasteiger partial charge in [0.05, 0.1) is 11.7 Å². The molecule has 21 heavy (non-hydrogen) atoms. The monoisotopic (exact) mass is 327 g/mol. The highest BCUT2D eigenvalue weighted by Gasteiger charge is 2.27. The minimum Gasteiger partial charge on any atom is -0.481 e. The first-order chi connectivity index (χ1) is 10.1. The Kier molecular flexibility index (Phi) is 5.94. The van der Waals surface area contributed by atoms with E-state index in [1.807, 2.05) is 24.3 Å². The smallest absolute Gasteiger partial charge is 0.308 e. The van der Waals surface area contributed by atoms with Crippen LogP contribution in [0.15, 0.2) is 24.3 Å². The van der Waals surface area contributed by atoms with E-state index in [-0.39, 0.29) is 5.91 Å². The lowest BCUT2D eigenvalue weighted by molar-refractivity contribution is -0.145. The van der Waals surface area contributed by atoms with Crippen molar-refractivity contribution in [1.29, 1.82) is 0 Å². The lowest BCUT2D eigenvalue weighted by Gasteiger charge is -2.30. The molecule has 114 valence electrons. The highest BCUT2D eigenvalue weighted by molar-refractivity contribution is 7.99. The van der Waals surface area contributed by atoms with Gasteiger partial charge in [0.2, 0.25) is 5.91 Å². The molecule has 0 saturated carbocycles. The predicted molar refractivity (Wildman–Crippen MR) is 84.6 cm³/mol. The number of likely N-dealkylation sites (tertiary alicyclic amines) is 1. The van der Waals surface area contributed by atoms with Gasteiger partial charge in [0, 0.05) is 23.9 Å². The van der Waals surface area contributed by atoms with Crippen LogP contribution >= 0.6 is 23.4 Å². The molecule has 1 saturated heterocycles. The Morgan fingerprint density at radius 2 is 2.24 bits per heavy atom. The molecular formula is C15H18ClNO3S. The molecule has 4 nitrogen and oxygen atoms in total. The number of carboxylic acid groups (broad SMARTS) is 1. The predicted octanol–water partition coefficient (Wildman–Crippen LogP) is 2.90. The Bertz CT molecular complexity index is 523. The maximum absolute atomic E-state index is 12.1. The van der Waals surface area contributed by atoms with Crippen molar-refractivity contribution < 1.29 is 14.7 Å². The molecule has 1 heterocycles. The molecule has 1 aromatic carbocycles. The molecule has 0 unspecified atom stereocenters. The zero-order chi connectivity index (χ0) is 15.2. The van der Waals surface area contributed by atoms with Gasteiger partial charge in [0.25, 0.3) is 0 Å². The molecule has 1 amide bonds. The minimum absolute atomic E-state index is 0.0213. The third kappa shape index (κ3) is 4.93. The van der Waals surface area contributed by atoms with E-state index in [9.17, 15) is 9.59 Å². The van der Waals surface area contributed by atoms with Gasteiger partial charge >= 0.3 is 5.97 Å². The number of aliphatic carboxylic acids is 1. The zero-order valence-electron chi connectivity index (χ0n) is 11.6. The van der Waals surface area contributed by atoms with Crippen LogP contribution in [0.2, 0.25) is 5.02 Å². The van der Waals surface area contributed by atoms with Crippen LogP contribution < -0.4 is 0 Å². The second-order valence-electron chi connectivity index (χ2n) is 5.14. The summed E-state index contributed by atoms with van der Waals surface area (Å²) in [4.78, 5) is 24.8. The average Bonchev–Trinajstić information content (AvgIpc) is 2.47. The van der Waals surface area contributed by atoms with Gasteiger partial charge < -0.3 is 10.0 Å². The van der Waals surface area contributed by atoms with Crippen molar-refractivity contribution in [2.45, 2.75) is 18.6 Å². The fraction of sp³-hybridized carbons (Fsp3) is 0.467. The van der Waals surface area contributed by atoms with Gasteiger partial charge in [0.15, 0.2) is 0 Å². The third-order valence-electron chi connectivity index (χ3n) is 3.51. The van der Waals surface area contributed by atoms with E-state index in [4.69, 9.17) is 16.7 Å². The lowest BCUT2D eigenvalue weighted by atomic mass is 9.98. The van der Waals surface area contributed by atoms with E-state index >= 15 is 0 Å². The van der Waals surface area contributed by atoms with Crippen LogP contribution in [0.5, 0.6) is 0 Å². The number of piperidine rings is 1. The summed E-state index contributed by atoms with van der Waals surface area (Å²) in [5.74, 6) is -0.103. The van der Waals surface area contributed by atoms with Crippen LogP contribution in [0.3, 0.4) is 0 Å². The van der Waals surface area contributed by atoms with Crippen LogP contribution in [0.1, 0.15) is 18.4 Å². The van der Waals surface area contributed by atoms with Gasteiger partial charge in [-0.25, -0.2) is 0 Å². The topological polar surface area (TPSA) is 57.6 Å². The summed E-state index contributed by atoms with van der Waals surface area (Å²) in [5.41, 5.74) is 1.09. The summed E-state index contributed by atoms with van der Waals surface area (Å²) in [6.07, 6.45) is 1.43. The van der Waals surface area contributed by atoms with Gasteiger partial charge in [-0.2, -0.15) is 0 Å². The van der Waals surface area contributed by atoms with Crippen LogP contribution in [0.4, 0.5) is 0 Å². The number of benzene rings is 1. The minimum atomic E-state index is -0.806. The second kappa shape index (κ2) is 7.71. The van der Waals surface area contributed by atoms with E-state index in [2.05, 4.69) is 0 Å². The molecule has 6 heteroatoms. The quantitative estimate of drug-likeness (QED) is 0.903. The number of rotatable bonds is 5. The summed E-state index contributed by atoms with van der Waals surface area (Å²) in [6, 6.07) is 7.58. The molecule has 2 rings (SSSR count). The average molecular weight is 328 g/mol. The van der Waals surface area contributed by atoms with Gasteiger partial charge in [-0.3, -0.25) is 9.59 Å². The van der Waals surface area contributed by atoms with Crippen molar-refractivity contribution in [3.05, 3.63) is 34.9 Å². The summed E-state index contributed by atoms with van der Waals surface area (Å²) >= 11 is 7.44. The van der Waals surface area contributed by atoms with E-state index in [1.54, 1.807) is 4.90 Å². The number of nitrogens with zero attached hydrogens (tertiary/aromatic N) is 1. The summed E-state index contributed by atoms with van der Waals surface area (Å²) in [5, 5.41) is 9.73. The highest BCUT2D eigenvalue weighted by Crippen LogP contribution is 2.20. The number of amides is 1. The lowest BCUT2D eigenvalue weighted by Crippen LogP contribution is -2.43. The van der Waals surface area contributed by atoms with Crippen molar-refractivity contribution in [3.8, 4) is 0 Å². The fourth-order valence-electron chi connectivity index (χ4n) is 2.38. The van der Waals surface area contributed by atoms with E-state index in [0.29, 0.717) is 30.3 Å². The zero-order valence-corrected chi connectivity index (χ0v) is 13.2. The van der Waals surface area contributed by atoms with Crippen molar-refractivity contribution in [3.63, 3.8) is 0 Å². The fourth-order valence-corrected chi connectivity index (χ4v) is 3.47. The normalized spacial score (nSPS) is 18.5.